The topological polar surface area (TPSA) is 79.0 Å². The van der Waals surface area contributed by atoms with Gasteiger partial charge in [-0.15, -0.1) is 0 Å². The van der Waals surface area contributed by atoms with E-state index in [-0.39, 0.29) is 23.9 Å². The lowest BCUT2D eigenvalue weighted by Crippen LogP contribution is -2.38. The zero-order chi connectivity index (χ0) is 20.9. The van der Waals surface area contributed by atoms with E-state index in [0.717, 1.165) is 23.1 Å². The molecule has 9 heteroatoms. The summed E-state index contributed by atoms with van der Waals surface area (Å²) in [5.41, 5.74) is 1.69. The van der Waals surface area contributed by atoms with Crippen molar-refractivity contribution in [3.05, 3.63) is 53.0 Å². The number of morpholine rings is 1. The van der Waals surface area contributed by atoms with Crippen LogP contribution in [0.1, 0.15) is 6.92 Å². The van der Waals surface area contributed by atoms with Crippen LogP contribution in [-0.2, 0) is 19.6 Å². The van der Waals surface area contributed by atoms with Gasteiger partial charge in [-0.2, -0.15) is 4.31 Å². The van der Waals surface area contributed by atoms with Crippen LogP contribution >= 0.6 is 15.9 Å². The van der Waals surface area contributed by atoms with Crippen molar-refractivity contribution in [3.63, 3.8) is 0 Å². The van der Waals surface area contributed by atoms with E-state index in [1.165, 1.54) is 6.07 Å². The minimum atomic E-state index is -3.78. The second-order valence-corrected chi connectivity index (χ2v) is 9.32. The summed E-state index contributed by atoms with van der Waals surface area (Å²) < 4.78 is 32.8. The largest absolute Gasteiger partial charge is 0.378 e. The molecule has 1 amide bonds. The number of carbonyl (C=O) groups is 1. The predicted octanol–water partition coefficient (Wildman–Crippen LogP) is 2.94. The van der Waals surface area contributed by atoms with E-state index in [2.05, 4.69) is 26.1 Å². The van der Waals surface area contributed by atoms with Gasteiger partial charge in [-0.25, -0.2) is 8.42 Å². The molecule has 1 heterocycles. The molecule has 0 radical (unpaired) electrons. The summed E-state index contributed by atoms with van der Waals surface area (Å²) in [6, 6.07) is 14.1. The quantitative estimate of drug-likeness (QED) is 0.657. The number of benzene rings is 2. The molecule has 29 heavy (non-hydrogen) atoms. The van der Waals surface area contributed by atoms with Crippen LogP contribution in [0.2, 0.25) is 0 Å². The molecule has 2 aromatic rings. The first kappa shape index (κ1) is 21.8. The van der Waals surface area contributed by atoms with Gasteiger partial charge < -0.3 is 15.0 Å². The lowest BCUT2D eigenvalue weighted by Gasteiger charge is -2.29. The molecule has 1 aliphatic rings. The number of nitrogens with zero attached hydrogens (tertiary/aromatic N) is 2. The first-order valence-electron chi connectivity index (χ1n) is 9.39. The smallest absolute Gasteiger partial charge is 0.244 e. The maximum atomic E-state index is 12.9. The van der Waals surface area contributed by atoms with E-state index in [1.807, 2.05) is 24.3 Å². The first-order chi connectivity index (χ1) is 13.9. The molecule has 1 N–H and O–H groups in total. The molecular formula is C20H24BrN3O4S. The van der Waals surface area contributed by atoms with E-state index in [1.54, 1.807) is 25.1 Å². The Morgan fingerprint density at radius 3 is 2.41 bits per heavy atom. The van der Waals surface area contributed by atoms with Gasteiger partial charge >= 0.3 is 0 Å². The van der Waals surface area contributed by atoms with Crippen molar-refractivity contribution in [2.45, 2.75) is 11.8 Å². The van der Waals surface area contributed by atoms with Gasteiger partial charge in [0.25, 0.3) is 0 Å². The summed E-state index contributed by atoms with van der Waals surface area (Å²) in [5.74, 6) is -0.387. The number of ether oxygens (including phenoxy) is 1. The van der Waals surface area contributed by atoms with Gasteiger partial charge in [0.2, 0.25) is 15.9 Å². The molecule has 2 aromatic carbocycles. The van der Waals surface area contributed by atoms with Crippen molar-refractivity contribution in [2.75, 3.05) is 49.6 Å². The van der Waals surface area contributed by atoms with Crippen molar-refractivity contribution in [3.8, 4) is 0 Å². The number of rotatable bonds is 7. The van der Waals surface area contributed by atoms with Crippen molar-refractivity contribution in [2.24, 2.45) is 0 Å². The number of carbonyl (C=O) groups excluding carboxylic acids is 1. The minimum absolute atomic E-state index is 0.143. The normalized spacial score (nSPS) is 14.8. The first-order valence-corrected chi connectivity index (χ1v) is 11.6. The highest BCUT2D eigenvalue weighted by atomic mass is 79.9. The molecule has 0 atom stereocenters. The number of anilines is 2. The molecule has 1 fully saturated rings. The van der Waals surface area contributed by atoms with Gasteiger partial charge in [0.05, 0.1) is 24.7 Å². The summed E-state index contributed by atoms with van der Waals surface area (Å²) in [7, 11) is -3.78. The zero-order valence-corrected chi connectivity index (χ0v) is 18.6. The predicted molar refractivity (Wildman–Crippen MR) is 117 cm³/mol. The number of hydrogen-bond acceptors (Lipinski definition) is 5. The Hall–Kier alpha value is -1.94. The third-order valence-corrected chi connectivity index (χ3v) is 7.59. The summed E-state index contributed by atoms with van der Waals surface area (Å²) >= 11 is 3.27. The number of halogens is 1. The average Bonchev–Trinajstić information content (AvgIpc) is 2.73. The Bertz CT molecular complexity index is 944. The Kier molecular flexibility index (Phi) is 7.28. The molecule has 0 spiro atoms. The highest BCUT2D eigenvalue weighted by molar-refractivity contribution is 9.10. The van der Waals surface area contributed by atoms with Crippen LogP contribution in [0.5, 0.6) is 0 Å². The molecule has 3 rings (SSSR count). The fourth-order valence-electron chi connectivity index (χ4n) is 3.10. The SMILES string of the molecule is CCN(CC(=O)Nc1ccc(N2CCOCC2)cc1)S(=O)(=O)c1ccccc1Br. The van der Waals surface area contributed by atoms with E-state index in [0.29, 0.717) is 23.4 Å². The van der Waals surface area contributed by atoms with Crippen molar-refractivity contribution >= 4 is 43.2 Å². The van der Waals surface area contributed by atoms with E-state index in [9.17, 15) is 13.2 Å². The number of hydrogen-bond donors (Lipinski definition) is 1. The Labute approximate surface area is 179 Å². The van der Waals surface area contributed by atoms with Gasteiger partial charge in [0.15, 0.2) is 0 Å². The van der Waals surface area contributed by atoms with Gasteiger partial charge in [0.1, 0.15) is 0 Å². The fraction of sp³-hybridized carbons (Fsp3) is 0.350. The second kappa shape index (κ2) is 9.71. The summed E-state index contributed by atoms with van der Waals surface area (Å²) in [4.78, 5) is 14.8. The van der Waals surface area contributed by atoms with Crippen LogP contribution in [0.25, 0.3) is 0 Å². The molecule has 1 aliphatic heterocycles. The molecule has 156 valence electrons. The summed E-state index contributed by atoms with van der Waals surface area (Å²) in [6.07, 6.45) is 0. The van der Waals surface area contributed by atoms with Gasteiger partial charge in [-0.1, -0.05) is 19.1 Å². The standard InChI is InChI=1S/C20H24BrN3O4S/c1-2-24(29(26,27)19-6-4-3-5-18(19)21)15-20(25)22-16-7-9-17(10-8-16)23-11-13-28-14-12-23/h3-10H,2,11-15H2,1H3,(H,22,25). The molecular weight excluding hydrogens is 458 g/mol. The number of likely N-dealkylation sites (N-methyl/N-ethyl adjacent to an activating group) is 1. The van der Waals surface area contributed by atoms with Crippen LogP contribution in [0, 0.1) is 0 Å². The number of amides is 1. The highest BCUT2D eigenvalue weighted by Gasteiger charge is 2.27. The third kappa shape index (κ3) is 5.36. The third-order valence-electron chi connectivity index (χ3n) is 4.65. The van der Waals surface area contributed by atoms with Gasteiger partial charge in [-0.3, -0.25) is 4.79 Å². The van der Waals surface area contributed by atoms with Crippen molar-refractivity contribution in [1.82, 2.24) is 4.31 Å². The second-order valence-electron chi connectivity index (χ2n) is 6.56. The molecule has 0 aromatic heterocycles. The van der Waals surface area contributed by atoms with Gasteiger partial charge in [0, 0.05) is 35.5 Å². The molecule has 0 saturated carbocycles. The number of nitrogens with one attached hydrogen (secondary N) is 1. The van der Waals surface area contributed by atoms with E-state index in [4.69, 9.17) is 4.74 Å². The van der Waals surface area contributed by atoms with E-state index >= 15 is 0 Å². The lowest BCUT2D eigenvalue weighted by molar-refractivity contribution is -0.116. The Balaban J connectivity index is 1.65. The average molecular weight is 482 g/mol. The van der Waals surface area contributed by atoms with Crippen LogP contribution < -0.4 is 10.2 Å². The molecule has 1 saturated heterocycles. The van der Waals surface area contributed by atoms with Crippen LogP contribution in [0.3, 0.4) is 0 Å². The molecule has 7 nitrogen and oxygen atoms in total. The maximum Gasteiger partial charge on any atom is 0.244 e. The zero-order valence-electron chi connectivity index (χ0n) is 16.2. The number of sulfonamides is 1. The van der Waals surface area contributed by atoms with Crippen LogP contribution in [0.4, 0.5) is 11.4 Å². The minimum Gasteiger partial charge on any atom is -0.378 e. The highest BCUT2D eigenvalue weighted by Crippen LogP contribution is 2.25. The van der Waals surface area contributed by atoms with Crippen molar-refractivity contribution in [1.29, 1.82) is 0 Å². The van der Waals surface area contributed by atoms with Crippen LogP contribution in [0.15, 0.2) is 57.9 Å². The van der Waals surface area contributed by atoms with Crippen molar-refractivity contribution < 1.29 is 17.9 Å². The lowest BCUT2D eigenvalue weighted by atomic mass is 10.2. The Morgan fingerprint density at radius 1 is 1.14 bits per heavy atom. The molecule has 0 aliphatic carbocycles. The van der Waals surface area contributed by atoms with Crippen LogP contribution in [-0.4, -0.2) is 58.0 Å². The maximum absolute atomic E-state index is 12.9. The summed E-state index contributed by atoms with van der Waals surface area (Å²) in [5, 5.41) is 2.78. The fourth-order valence-corrected chi connectivity index (χ4v) is 5.47. The monoisotopic (exact) mass is 481 g/mol. The molecule has 0 unspecified atom stereocenters. The van der Waals surface area contributed by atoms with Gasteiger partial charge in [-0.05, 0) is 52.3 Å². The Morgan fingerprint density at radius 2 is 1.79 bits per heavy atom. The molecule has 0 bridgehead atoms. The summed E-state index contributed by atoms with van der Waals surface area (Å²) in [6.45, 7) is 4.72. The van der Waals surface area contributed by atoms with E-state index < -0.39 is 10.0 Å².